The second kappa shape index (κ2) is 10.6. The summed E-state index contributed by atoms with van der Waals surface area (Å²) in [6, 6.07) is 11.7. The van der Waals surface area contributed by atoms with Gasteiger partial charge in [-0.15, -0.1) is 0 Å². The van der Waals surface area contributed by atoms with Crippen molar-refractivity contribution < 1.29 is 4.79 Å². The maximum absolute atomic E-state index is 13.1. The lowest BCUT2D eigenvalue weighted by Crippen LogP contribution is -2.52. The first-order valence-corrected chi connectivity index (χ1v) is 17.2. The van der Waals surface area contributed by atoms with Gasteiger partial charge in [0.05, 0.1) is 0 Å². The molecule has 8 heteroatoms. The van der Waals surface area contributed by atoms with Gasteiger partial charge in [0.15, 0.2) is 0 Å². The number of carbonyl (C=O) groups excluding carboxylic acids is 1. The van der Waals surface area contributed by atoms with E-state index in [2.05, 4.69) is 24.6 Å². The molecular formula is C37H43N7O. The normalized spacial score (nSPS) is 29.3. The molecule has 1 aromatic carbocycles. The van der Waals surface area contributed by atoms with Crippen LogP contribution in [0.25, 0.3) is 16.8 Å². The fourth-order valence-electron chi connectivity index (χ4n) is 10.1. The first-order chi connectivity index (χ1) is 22.0. The van der Waals surface area contributed by atoms with Crippen LogP contribution in [-0.4, -0.2) is 49.8 Å². The Hall–Kier alpha value is -3.78. The number of nitrogen functional groups attached to an aromatic ring is 1. The van der Waals surface area contributed by atoms with Crippen LogP contribution in [0.15, 0.2) is 55.0 Å². The topological polar surface area (TPSA) is 101 Å². The van der Waals surface area contributed by atoms with Crippen LogP contribution in [-0.2, 0) is 0 Å². The van der Waals surface area contributed by atoms with Gasteiger partial charge in [0, 0.05) is 48.7 Å². The summed E-state index contributed by atoms with van der Waals surface area (Å²) in [6.07, 6.45) is 19.2. The van der Waals surface area contributed by atoms with Crippen LogP contribution in [0, 0.1) is 23.2 Å². The number of nitrogens with zero attached hydrogens (tertiary/aromatic N) is 5. The first-order valence-electron chi connectivity index (χ1n) is 17.2. The molecule has 3 N–H and O–H groups in total. The van der Waals surface area contributed by atoms with Crippen molar-refractivity contribution in [2.75, 3.05) is 30.7 Å². The lowest BCUT2D eigenvalue weighted by atomic mass is 9.49. The number of amides is 1. The van der Waals surface area contributed by atoms with Crippen molar-refractivity contribution in [1.29, 1.82) is 0 Å². The molecule has 1 amide bonds. The highest BCUT2D eigenvalue weighted by Gasteiger charge is 2.51. The molecule has 6 fully saturated rings. The van der Waals surface area contributed by atoms with E-state index < -0.39 is 0 Å². The molecule has 1 atom stereocenters. The summed E-state index contributed by atoms with van der Waals surface area (Å²) < 4.78 is 2.18. The Balaban J connectivity index is 0.957. The zero-order chi connectivity index (χ0) is 30.1. The molecule has 0 unspecified atom stereocenters. The Morgan fingerprint density at radius 1 is 0.933 bits per heavy atom. The molecule has 1 aliphatic heterocycles. The molecule has 0 radical (unpaired) electrons. The largest absolute Gasteiger partial charge is 0.382 e. The van der Waals surface area contributed by atoms with E-state index in [9.17, 15) is 4.79 Å². The smallest absolute Gasteiger partial charge is 0.256 e. The van der Waals surface area contributed by atoms with Crippen molar-refractivity contribution >= 4 is 23.1 Å². The SMILES string of the molecule is Nc1nccn2c([C@@H]3CCCN(CC45CC6CC(CC(C6)C4)C5)C3)nc(-c3ccc(C(=O)Nc4cc(C5CC5)ccn4)cc3)c12. The minimum atomic E-state index is -0.167. The highest BCUT2D eigenvalue weighted by atomic mass is 16.1. The van der Waals surface area contributed by atoms with E-state index in [4.69, 9.17) is 10.7 Å². The van der Waals surface area contributed by atoms with Gasteiger partial charge in [-0.3, -0.25) is 9.20 Å². The lowest BCUT2D eigenvalue weighted by Gasteiger charge is -2.58. The van der Waals surface area contributed by atoms with Crippen molar-refractivity contribution in [2.24, 2.45) is 23.2 Å². The van der Waals surface area contributed by atoms with Crippen molar-refractivity contribution in [3.05, 3.63) is 71.9 Å². The van der Waals surface area contributed by atoms with Crippen molar-refractivity contribution in [3.8, 4) is 11.3 Å². The van der Waals surface area contributed by atoms with E-state index in [0.29, 0.717) is 34.4 Å². The summed E-state index contributed by atoms with van der Waals surface area (Å²) in [6.45, 7) is 3.51. The number of nitrogens with one attached hydrogen (secondary N) is 1. The molecule has 0 spiro atoms. The number of likely N-dealkylation sites (tertiary alicyclic amines) is 1. The van der Waals surface area contributed by atoms with E-state index in [0.717, 1.165) is 53.3 Å². The minimum absolute atomic E-state index is 0.167. The molecule has 4 aromatic rings. The molecule has 45 heavy (non-hydrogen) atoms. The number of hydrogen-bond acceptors (Lipinski definition) is 6. The van der Waals surface area contributed by atoms with Crippen LogP contribution in [0.1, 0.15) is 97.8 Å². The van der Waals surface area contributed by atoms with Crippen LogP contribution >= 0.6 is 0 Å². The predicted molar refractivity (Wildman–Crippen MR) is 176 cm³/mol. The van der Waals surface area contributed by atoms with Crippen molar-refractivity contribution in [2.45, 2.75) is 76.0 Å². The first kappa shape index (κ1) is 27.5. The van der Waals surface area contributed by atoms with Gasteiger partial charge in [0.2, 0.25) is 0 Å². The Bertz CT molecular complexity index is 1720. The molecular weight excluding hydrogens is 558 g/mol. The number of hydrogen-bond donors (Lipinski definition) is 2. The number of carbonyl (C=O) groups is 1. The van der Waals surface area contributed by atoms with Gasteiger partial charge < -0.3 is 16.0 Å². The number of rotatable bonds is 7. The maximum atomic E-state index is 13.1. The molecule has 5 aliphatic carbocycles. The second-order valence-corrected chi connectivity index (χ2v) is 15.1. The third kappa shape index (κ3) is 5.11. The highest BCUT2D eigenvalue weighted by Crippen LogP contribution is 2.60. The number of fused-ring (bicyclic) bond motifs is 1. The van der Waals surface area contributed by atoms with E-state index in [1.165, 1.54) is 76.4 Å². The summed E-state index contributed by atoms with van der Waals surface area (Å²) in [5.41, 5.74) is 11.5. The van der Waals surface area contributed by atoms with Gasteiger partial charge in [0.1, 0.15) is 28.7 Å². The summed E-state index contributed by atoms with van der Waals surface area (Å²) in [5.74, 6) is 5.90. The quantitative estimate of drug-likeness (QED) is 0.239. The Morgan fingerprint density at radius 2 is 1.69 bits per heavy atom. The van der Waals surface area contributed by atoms with Gasteiger partial charge in [-0.1, -0.05) is 12.1 Å². The number of nitrogens with two attached hydrogens (primary N) is 1. The van der Waals surface area contributed by atoms with E-state index in [1.54, 1.807) is 12.4 Å². The number of anilines is 2. The number of benzene rings is 1. The third-order valence-corrected chi connectivity index (χ3v) is 11.7. The van der Waals surface area contributed by atoms with E-state index >= 15 is 0 Å². The summed E-state index contributed by atoms with van der Waals surface area (Å²) in [5, 5.41) is 2.97. The average molecular weight is 602 g/mol. The summed E-state index contributed by atoms with van der Waals surface area (Å²) >= 11 is 0. The van der Waals surface area contributed by atoms with Crippen molar-refractivity contribution in [1.82, 2.24) is 24.3 Å². The van der Waals surface area contributed by atoms with Gasteiger partial charge in [0.25, 0.3) is 5.91 Å². The van der Waals surface area contributed by atoms with Gasteiger partial charge in [-0.05, 0) is 130 Å². The van der Waals surface area contributed by atoms with Crippen molar-refractivity contribution in [3.63, 3.8) is 0 Å². The fraction of sp³-hybridized carbons (Fsp3) is 0.514. The Kier molecular flexibility index (Phi) is 6.51. The van der Waals surface area contributed by atoms with E-state index in [-0.39, 0.29) is 5.91 Å². The lowest BCUT2D eigenvalue weighted by molar-refractivity contribution is -0.0719. The number of piperidine rings is 1. The standard InChI is InChI=1S/C37H43N7O/c38-34-33-32(27-5-7-28(8-6-27)36(45)41-31-17-29(9-10-39-31)26-3-4-26)42-35(44(33)13-11-40-34)30-2-1-12-43(21-30)22-37-18-23-14-24(19-37)16-25(15-23)20-37/h5-11,13,17,23-26,30H,1-4,12,14-16,18-22H2,(H2,38,40)(H,39,41,45)/t23?,24?,25?,30-,37?/m1/s1. The van der Waals surface area contributed by atoms with Gasteiger partial charge in [-0.2, -0.15) is 0 Å². The second-order valence-electron chi connectivity index (χ2n) is 15.1. The monoisotopic (exact) mass is 601 g/mol. The summed E-state index contributed by atoms with van der Waals surface area (Å²) in [4.78, 5) is 29.9. The van der Waals surface area contributed by atoms with Gasteiger partial charge in [-0.25, -0.2) is 15.0 Å². The highest BCUT2D eigenvalue weighted by molar-refractivity contribution is 6.04. The number of pyridine rings is 1. The number of aromatic nitrogens is 4. The molecule has 4 bridgehead atoms. The molecule has 5 saturated carbocycles. The van der Waals surface area contributed by atoms with Crippen LogP contribution in [0.2, 0.25) is 0 Å². The van der Waals surface area contributed by atoms with Crippen LogP contribution in [0.5, 0.6) is 0 Å². The molecule has 4 heterocycles. The fourth-order valence-corrected chi connectivity index (χ4v) is 10.1. The molecule has 232 valence electrons. The zero-order valence-electron chi connectivity index (χ0n) is 26.0. The zero-order valence-corrected chi connectivity index (χ0v) is 26.0. The molecule has 10 rings (SSSR count). The van der Waals surface area contributed by atoms with Gasteiger partial charge >= 0.3 is 0 Å². The summed E-state index contributed by atoms with van der Waals surface area (Å²) in [7, 11) is 0. The van der Waals surface area contributed by atoms with E-state index in [1.807, 2.05) is 42.6 Å². The molecule has 3 aromatic heterocycles. The van der Waals surface area contributed by atoms with Crippen LogP contribution < -0.4 is 11.1 Å². The van der Waals surface area contributed by atoms with Crippen LogP contribution in [0.4, 0.5) is 11.6 Å². The average Bonchev–Trinajstić information content (AvgIpc) is 3.81. The Morgan fingerprint density at radius 3 is 2.42 bits per heavy atom. The number of imidazole rings is 1. The molecule has 6 aliphatic rings. The molecule has 8 nitrogen and oxygen atoms in total. The minimum Gasteiger partial charge on any atom is -0.382 e. The molecule has 1 saturated heterocycles. The maximum Gasteiger partial charge on any atom is 0.256 e. The third-order valence-electron chi connectivity index (χ3n) is 11.7. The van der Waals surface area contributed by atoms with Crippen LogP contribution in [0.3, 0.4) is 0 Å². The predicted octanol–water partition coefficient (Wildman–Crippen LogP) is 6.90. The Labute approximate surface area is 264 Å².